The third kappa shape index (κ3) is 2.34. The lowest BCUT2D eigenvalue weighted by Crippen LogP contribution is -2.31. The molecular formula is C14H20N4O2. The van der Waals surface area contributed by atoms with Crippen LogP contribution >= 0.6 is 0 Å². The Balaban J connectivity index is 2.66. The first-order valence-corrected chi connectivity index (χ1v) is 6.49. The zero-order valence-corrected chi connectivity index (χ0v) is 12.2. The zero-order chi connectivity index (χ0) is 15.0. The molecule has 6 nitrogen and oxygen atoms in total. The molecule has 108 valence electrons. The molecule has 0 fully saturated rings. The summed E-state index contributed by atoms with van der Waals surface area (Å²) >= 11 is 0. The van der Waals surface area contributed by atoms with Gasteiger partial charge in [-0.25, -0.2) is 4.98 Å². The average Bonchev–Trinajstić information content (AvgIpc) is 2.75. The van der Waals surface area contributed by atoms with Gasteiger partial charge in [0, 0.05) is 19.8 Å². The summed E-state index contributed by atoms with van der Waals surface area (Å²) in [5.74, 6) is 0.413. The van der Waals surface area contributed by atoms with Crippen LogP contribution in [0, 0.1) is 0 Å². The van der Waals surface area contributed by atoms with Crippen molar-refractivity contribution in [3.8, 4) is 0 Å². The number of carbonyl (C=O) groups excluding carboxylic acids is 1. The lowest BCUT2D eigenvalue weighted by Gasteiger charge is -2.21. The van der Waals surface area contributed by atoms with E-state index < -0.39 is 12.1 Å². The van der Waals surface area contributed by atoms with Gasteiger partial charge in [0.2, 0.25) is 5.91 Å². The highest BCUT2D eigenvalue weighted by Gasteiger charge is 2.24. The molecule has 0 aliphatic rings. The van der Waals surface area contributed by atoms with Gasteiger partial charge in [0.15, 0.2) is 0 Å². The molecular weight excluding hydrogens is 256 g/mol. The number of likely N-dealkylation sites (N-methyl/N-ethyl adjacent to an activating group) is 1. The first-order valence-electron chi connectivity index (χ1n) is 6.49. The van der Waals surface area contributed by atoms with Gasteiger partial charge in [0.25, 0.3) is 0 Å². The van der Waals surface area contributed by atoms with Crippen molar-refractivity contribution in [3.05, 3.63) is 24.0 Å². The maximum Gasteiger partial charge on any atom is 0.244 e. The number of rotatable bonds is 3. The Labute approximate surface area is 117 Å². The molecule has 0 aliphatic carbocycles. The average molecular weight is 276 g/mol. The Morgan fingerprint density at radius 3 is 2.60 bits per heavy atom. The van der Waals surface area contributed by atoms with Crippen molar-refractivity contribution in [1.29, 1.82) is 0 Å². The Morgan fingerprint density at radius 2 is 2.05 bits per heavy atom. The number of benzene rings is 1. The van der Waals surface area contributed by atoms with Crippen molar-refractivity contribution >= 4 is 22.6 Å². The smallest absolute Gasteiger partial charge is 0.244 e. The van der Waals surface area contributed by atoms with Gasteiger partial charge in [-0.1, -0.05) is 0 Å². The van der Waals surface area contributed by atoms with Crippen molar-refractivity contribution in [2.75, 3.05) is 19.8 Å². The molecule has 1 amide bonds. The Morgan fingerprint density at radius 1 is 1.40 bits per heavy atom. The molecule has 2 unspecified atom stereocenters. The number of anilines is 1. The topological polar surface area (TPSA) is 84.4 Å². The van der Waals surface area contributed by atoms with Crippen LogP contribution in [0.3, 0.4) is 0 Å². The quantitative estimate of drug-likeness (QED) is 0.828. The molecule has 0 radical (unpaired) electrons. The van der Waals surface area contributed by atoms with Gasteiger partial charge in [0.05, 0.1) is 11.0 Å². The van der Waals surface area contributed by atoms with Crippen molar-refractivity contribution in [3.63, 3.8) is 0 Å². The van der Waals surface area contributed by atoms with Crippen LogP contribution in [0.2, 0.25) is 0 Å². The zero-order valence-electron chi connectivity index (χ0n) is 12.2. The third-order valence-electron chi connectivity index (χ3n) is 3.30. The number of aliphatic hydroxyl groups excluding tert-OH is 1. The minimum absolute atomic E-state index is 0.0528. The molecule has 2 aromatic rings. The number of fused-ring (bicyclic) bond motifs is 1. The van der Waals surface area contributed by atoms with Crippen molar-refractivity contribution in [1.82, 2.24) is 14.5 Å². The first-order chi connectivity index (χ1) is 9.32. The summed E-state index contributed by atoms with van der Waals surface area (Å²) in [5, 5.41) is 9.90. The molecule has 1 aromatic heterocycles. The van der Waals surface area contributed by atoms with Gasteiger partial charge in [-0.05, 0) is 32.0 Å². The molecule has 0 bridgehead atoms. The largest absolute Gasteiger partial charge is 0.399 e. The number of hydrogen-bond acceptors (Lipinski definition) is 4. The Bertz CT molecular complexity index is 646. The van der Waals surface area contributed by atoms with Gasteiger partial charge in [-0.3, -0.25) is 4.79 Å². The van der Waals surface area contributed by atoms with Crippen molar-refractivity contribution in [2.45, 2.75) is 26.0 Å². The predicted octanol–water partition coefficient (Wildman–Crippen LogP) is 1.32. The molecule has 0 saturated heterocycles. The van der Waals surface area contributed by atoms with Gasteiger partial charge in [-0.2, -0.15) is 0 Å². The van der Waals surface area contributed by atoms with E-state index >= 15 is 0 Å². The molecule has 0 spiro atoms. The second kappa shape index (κ2) is 5.13. The van der Waals surface area contributed by atoms with E-state index in [0.29, 0.717) is 17.0 Å². The lowest BCUT2D eigenvalue weighted by atomic mass is 10.2. The van der Waals surface area contributed by atoms with Crippen LogP contribution in [0.25, 0.3) is 11.0 Å². The summed E-state index contributed by atoms with van der Waals surface area (Å²) in [4.78, 5) is 18.1. The van der Waals surface area contributed by atoms with Crippen LogP contribution in [0.5, 0.6) is 0 Å². The van der Waals surface area contributed by atoms with E-state index in [9.17, 15) is 9.90 Å². The Hall–Kier alpha value is -2.08. The van der Waals surface area contributed by atoms with E-state index in [1.54, 1.807) is 44.6 Å². The molecule has 1 heterocycles. The van der Waals surface area contributed by atoms with E-state index in [4.69, 9.17) is 5.73 Å². The number of nitrogens with zero attached hydrogens (tertiary/aromatic N) is 3. The standard InChI is InChI=1S/C14H20N4O2/c1-8(14(20)17(3)4)18-12-6-5-10(15)7-11(12)16-13(18)9(2)19/h5-9,19H,15H2,1-4H3. The number of nitrogens with two attached hydrogens (primary N) is 1. The third-order valence-corrected chi connectivity index (χ3v) is 3.30. The van der Waals surface area contributed by atoms with Crippen LogP contribution in [0.1, 0.15) is 31.8 Å². The number of aliphatic hydroxyl groups is 1. The number of hydrogen-bond donors (Lipinski definition) is 2. The molecule has 0 saturated carbocycles. The maximum absolute atomic E-state index is 12.2. The molecule has 1 aromatic carbocycles. The van der Waals surface area contributed by atoms with E-state index in [2.05, 4.69) is 4.98 Å². The van der Waals surface area contributed by atoms with Crippen LogP contribution in [-0.2, 0) is 4.79 Å². The van der Waals surface area contributed by atoms with Gasteiger partial charge in [-0.15, -0.1) is 0 Å². The van der Waals surface area contributed by atoms with Crippen LogP contribution < -0.4 is 5.73 Å². The summed E-state index contributed by atoms with van der Waals surface area (Å²) in [5.41, 5.74) is 7.83. The molecule has 3 N–H and O–H groups in total. The predicted molar refractivity (Wildman–Crippen MR) is 78.2 cm³/mol. The number of aromatic nitrogens is 2. The highest BCUT2D eigenvalue weighted by Crippen LogP contribution is 2.27. The Kier molecular flexibility index (Phi) is 3.67. The molecule has 2 atom stereocenters. The summed E-state index contributed by atoms with van der Waals surface area (Å²) < 4.78 is 1.77. The fourth-order valence-electron chi connectivity index (χ4n) is 2.32. The fourth-order valence-corrected chi connectivity index (χ4v) is 2.32. The second-order valence-corrected chi connectivity index (χ2v) is 5.17. The SMILES string of the molecule is CC(O)c1nc2cc(N)ccc2n1C(C)C(=O)N(C)C. The van der Waals surface area contributed by atoms with Crippen molar-refractivity contribution < 1.29 is 9.90 Å². The van der Waals surface area contributed by atoms with E-state index in [0.717, 1.165) is 5.52 Å². The van der Waals surface area contributed by atoms with E-state index in [1.165, 1.54) is 4.90 Å². The lowest BCUT2D eigenvalue weighted by molar-refractivity contribution is -0.131. The number of carbonyl (C=O) groups is 1. The second-order valence-electron chi connectivity index (χ2n) is 5.17. The van der Waals surface area contributed by atoms with Crippen molar-refractivity contribution in [2.24, 2.45) is 0 Å². The van der Waals surface area contributed by atoms with Gasteiger partial charge < -0.3 is 20.3 Å². The maximum atomic E-state index is 12.2. The summed E-state index contributed by atoms with van der Waals surface area (Å²) in [6.45, 7) is 3.43. The van der Waals surface area contributed by atoms with E-state index in [-0.39, 0.29) is 5.91 Å². The van der Waals surface area contributed by atoms with Gasteiger partial charge in [0.1, 0.15) is 18.0 Å². The molecule has 6 heteroatoms. The highest BCUT2D eigenvalue weighted by molar-refractivity contribution is 5.85. The first kappa shape index (κ1) is 14.3. The molecule has 2 rings (SSSR count). The van der Waals surface area contributed by atoms with E-state index in [1.807, 2.05) is 6.07 Å². The summed E-state index contributed by atoms with van der Waals surface area (Å²) in [7, 11) is 3.41. The number of imidazole rings is 1. The monoisotopic (exact) mass is 276 g/mol. The fraction of sp³-hybridized carbons (Fsp3) is 0.429. The summed E-state index contributed by atoms with van der Waals surface area (Å²) in [6.07, 6.45) is -0.763. The number of nitrogen functional groups attached to an aromatic ring is 1. The normalized spacial score (nSPS) is 14.2. The summed E-state index contributed by atoms with van der Waals surface area (Å²) in [6, 6.07) is 4.88. The highest BCUT2D eigenvalue weighted by atomic mass is 16.3. The number of amides is 1. The van der Waals surface area contributed by atoms with Crippen LogP contribution in [-0.4, -0.2) is 39.6 Å². The minimum atomic E-state index is -0.763. The van der Waals surface area contributed by atoms with Crippen LogP contribution in [0.15, 0.2) is 18.2 Å². The minimum Gasteiger partial charge on any atom is -0.399 e. The van der Waals surface area contributed by atoms with Crippen LogP contribution in [0.4, 0.5) is 5.69 Å². The molecule has 0 aliphatic heterocycles. The molecule has 20 heavy (non-hydrogen) atoms. The van der Waals surface area contributed by atoms with Gasteiger partial charge >= 0.3 is 0 Å².